The van der Waals surface area contributed by atoms with Gasteiger partial charge in [0.05, 0.1) is 23.1 Å². The highest BCUT2D eigenvalue weighted by Crippen LogP contribution is 2.41. The van der Waals surface area contributed by atoms with Crippen molar-refractivity contribution in [2.45, 2.75) is 39.2 Å². The molecule has 0 spiro atoms. The predicted molar refractivity (Wildman–Crippen MR) is 171 cm³/mol. The van der Waals surface area contributed by atoms with Crippen LogP contribution in [0.3, 0.4) is 0 Å². The van der Waals surface area contributed by atoms with Crippen LogP contribution in [0, 0.1) is 6.92 Å². The lowest BCUT2D eigenvalue weighted by Crippen LogP contribution is -2.08. The maximum Gasteiger partial charge on any atom is 0.0827 e. The van der Waals surface area contributed by atoms with E-state index in [4.69, 9.17) is 5.11 Å². The summed E-state index contributed by atoms with van der Waals surface area (Å²) in [4.78, 5) is 0. The minimum Gasteiger partial charge on any atom is -0.396 e. The Bertz CT molecular complexity index is 1730. The molecule has 0 amide bonds. The lowest BCUT2D eigenvalue weighted by molar-refractivity contribution is 0.284. The van der Waals surface area contributed by atoms with Crippen molar-refractivity contribution in [1.29, 1.82) is 0 Å². The van der Waals surface area contributed by atoms with Gasteiger partial charge in [0.1, 0.15) is 0 Å². The number of aryl methyl sites for hydroxylation is 2. The van der Waals surface area contributed by atoms with Crippen LogP contribution in [0.1, 0.15) is 42.6 Å². The van der Waals surface area contributed by atoms with Gasteiger partial charge in [0, 0.05) is 24.1 Å². The van der Waals surface area contributed by atoms with Crippen LogP contribution >= 0.6 is 0 Å². The van der Waals surface area contributed by atoms with Gasteiger partial charge in [0.15, 0.2) is 0 Å². The Labute approximate surface area is 247 Å². The molecule has 0 fully saturated rings. The van der Waals surface area contributed by atoms with E-state index in [0.717, 1.165) is 36.3 Å². The number of hydrogen-bond donors (Lipinski definition) is 1. The van der Waals surface area contributed by atoms with Gasteiger partial charge in [-0.1, -0.05) is 108 Å². The quantitative estimate of drug-likeness (QED) is 0.174. The first-order chi connectivity index (χ1) is 20.6. The fourth-order valence-corrected chi connectivity index (χ4v) is 5.52. The zero-order valence-electron chi connectivity index (χ0n) is 24.2. The summed E-state index contributed by atoms with van der Waals surface area (Å²) in [7, 11) is 0. The molecular weight excluding hydrogens is 516 g/mol. The molecule has 5 heteroatoms. The third-order valence-corrected chi connectivity index (χ3v) is 7.91. The summed E-state index contributed by atoms with van der Waals surface area (Å²) < 4.78 is 4.32. The Morgan fingerprint density at radius 3 is 2.07 bits per heavy atom. The van der Waals surface area contributed by atoms with Crippen LogP contribution in [0.5, 0.6) is 0 Å². The van der Waals surface area contributed by atoms with Gasteiger partial charge in [-0.2, -0.15) is 0 Å². The second kappa shape index (κ2) is 12.4. The molecule has 0 aliphatic rings. The van der Waals surface area contributed by atoms with Crippen LogP contribution in [0.4, 0.5) is 0 Å². The van der Waals surface area contributed by atoms with Gasteiger partial charge < -0.3 is 9.67 Å². The number of aromatic nitrogens is 4. The van der Waals surface area contributed by atoms with Crippen molar-refractivity contribution in [3.63, 3.8) is 0 Å². The third-order valence-electron chi connectivity index (χ3n) is 7.91. The Balaban J connectivity index is 1.45. The smallest absolute Gasteiger partial charge is 0.0827 e. The fourth-order valence-electron chi connectivity index (χ4n) is 5.52. The number of unbranched alkanes of at least 4 members (excludes halogenated alkanes) is 1. The van der Waals surface area contributed by atoms with E-state index in [2.05, 4.69) is 144 Å². The number of hydrogen-bond acceptors (Lipinski definition) is 3. The van der Waals surface area contributed by atoms with E-state index < -0.39 is 0 Å². The van der Waals surface area contributed by atoms with Crippen molar-refractivity contribution in [3.8, 4) is 39.3 Å². The van der Waals surface area contributed by atoms with E-state index >= 15 is 0 Å². The second-order valence-electron chi connectivity index (χ2n) is 10.9. The van der Waals surface area contributed by atoms with Gasteiger partial charge in [-0.3, -0.25) is 0 Å². The highest BCUT2D eigenvalue weighted by atomic mass is 16.2. The molecule has 1 N–H and O–H groups in total. The zero-order valence-corrected chi connectivity index (χ0v) is 24.2. The lowest BCUT2D eigenvalue weighted by atomic mass is 10.0. The Morgan fingerprint density at radius 1 is 0.738 bits per heavy atom. The minimum absolute atomic E-state index is 0.0489. The molecule has 1 atom stereocenters. The van der Waals surface area contributed by atoms with Gasteiger partial charge in [-0.15, -0.1) is 5.10 Å². The van der Waals surface area contributed by atoms with Crippen molar-refractivity contribution < 1.29 is 5.11 Å². The molecule has 2 heterocycles. The molecule has 6 aromatic rings. The first-order valence-electron chi connectivity index (χ1n) is 14.7. The van der Waals surface area contributed by atoms with Crippen molar-refractivity contribution in [2.75, 3.05) is 6.61 Å². The Kier molecular flexibility index (Phi) is 8.11. The Morgan fingerprint density at radius 2 is 1.40 bits per heavy atom. The summed E-state index contributed by atoms with van der Waals surface area (Å²) in [5.74, 6) is 0. The standard InChI is InChI=1S/C37H36N4O/c1-27-16-18-31(19-17-27)36-25-35(30-11-5-3-6-12-30)37(32-13-7-4-8-14-32)41(36)34-22-20-29(21-23-34)28(2)40-26-33(38-39-40)15-9-10-24-42/h3-8,11-14,16-23,25-26,28,42H,9-10,15,24H2,1-2H3. The van der Waals surface area contributed by atoms with E-state index in [1.807, 2.05) is 10.9 Å². The number of aliphatic hydroxyl groups excluding tert-OH is 1. The average molecular weight is 553 g/mol. The van der Waals surface area contributed by atoms with Crippen LogP contribution in [-0.2, 0) is 6.42 Å². The molecule has 210 valence electrons. The molecule has 0 radical (unpaired) electrons. The molecule has 4 aromatic carbocycles. The van der Waals surface area contributed by atoms with Gasteiger partial charge >= 0.3 is 0 Å². The van der Waals surface area contributed by atoms with Crippen LogP contribution in [-0.4, -0.2) is 31.3 Å². The van der Waals surface area contributed by atoms with E-state index in [0.29, 0.717) is 0 Å². The SMILES string of the molecule is Cc1ccc(-c2cc(-c3ccccc3)c(-c3ccccc3)n2-c2ccc(C(C)n3cc(CCCCO)nn3)cc2)cc1. The first-order valence-corrected chi connectivity index (χ1v) is 14.7. The third kappa shape index (κ3) is 5.69. The molecule has 0 aliphatic heterocycles. The highest BCUT2D eigenvalue weighted by Gasteiger charge is 2.21. The minimum atomic E-state index is 0.0489. The number of rotatable bonds is 10. The summed E-state index contributed by atoms with van der Waals surface area (Å²) in [6.45, 7) is 4.49. The van der Waals surface area contributed by atoms with Gasteiger partial charge in [-0.25, -0.2) is 4.68 Å². The van der Waals surface area contributed by atoms with Crippen molar-refractivity contribution >= 4 is 0 Å². The average Bonchev–Trinajstić information content (AvgIpc) is 3.68. The van der Waals surface area contributed by atoms with Crippen molar-refractivity contribution in [2.24, 2.45) is 0 Å². The molecule has 0 saturated heterocycles. The largest absolute Gasteiger partial charge is 0.396 e. The monoisotopic (exact) mass is 552 g/mol. The maximum absolute atomic E-state index is 9.08. The molecule has 42 heavy (non-hydrogen) atoms. The Hall–Kier alpha value is -4.74. The van der Waals surface area contributed by atoms with E-state index in [-0.39, 0.29) is 12.6 Å². The second-order valence-corrected chi connectivity index (χ2v) is 10.9. The fraction of sp³-hybridized carbons (Fsp3) is 0.189. The van der Waals surface area contributed by atoms with Crippen molar-refractivity contribution in [1.82, 2.24) is 19.6 Å². The number of benzene rings is 4. The van der Waals surface area contributed by atoms with Gasteiger partial charge in [0.2, 0.25) is 0 Å². The molecular formula is C37H36N4O. The number of nitrogens with zero attached hydrogens (tertiary/aromatic N) is 4. The van der Waals surface area contributed by atoms with Crippen LogP contribution in [0.15, 0.2) is 121 Å². The molecule has 1 unspecified atom stereocenters. The molecule has 0 bridgehead atoms. The topological polar surface area (TPSA) is 55.9 Å². The van der Waals surface area contributed by atoms with E-state index in [1.165, 1.54) is 39.1 Å². The zero-order chi connectivity index (χ0) is 28.9. The summed E-state index contributed by atoms with van der Waals surface area (Å²) in [5, 5.41) is 17.8. The van der Waals surface area contributed by atoms with E-state index in [1.54, 1.807) is 0 Å². The predicted octanol–water partition coefficient (Wildman–Crippen LogP) is 8.30. The van der Waals surface area contributed by atoms with Crippen LogP contribution in [0.25, 0.3) is 39.3 Å². The van der Waals surface area contributed by atoms with Crippen LogP contribution in [0.2, 0.25) is 0 Å². The molecule has 6 rings (SSSR count). The molecule has 2 aromatic heterocycles. The normalized spacial score (nSPS) is 12.0. The van der Waals surface area contributed by atoms with Crippen LogP contribution < -0.4 is 0 Å². The van der Waals surface area contributed by atoms with E-state index in [9.17, 15) is 0 Å². The highest BCUT2D eigenvalue weighted by molar-refractivity contribution is 5.88. The van der Waals surface area contributed by atoms with Gasteiger partial charge in [0.25, 0.3) is 0 Å². The molecule has 5 nitrogen and oxygen atoms in total. The molecule has 0 saturated carbocycles. The van der Waals surface area contributed by atoms with Gasteiger partial charge in [-0.05, 0) is 73.6 Å². The molecule has 0 aliphatic carbocycles. The summed E-state index contributed by atoms with van der Waals surface area (Å²) in [6.07, 6.45) is 4.54. The summed E-state index contributed by atoms with van der Waals surface area (Å²) in [5.41, 5.74) is 11.5. The van der Waals surface area contributed by atoms with Crippen molar-refractivity contribution in [3.05, 3.63) is 138 Å². The lowest BCUT2D eigenvalue weighted by Gasteiger charge is -2.17. The first kappa shape index (κ1) is 27.4. The number of aliphatic hydroxyl groups is 1. The maximum atomic E-state index is 9.08. The summed E-state index contributed by atoms with van der Waals surface area (Å²) >= 11 is 0. The summed E-state index contributed by atoms with van der Waals surface area (Å²) in [6, 6.07) is 41.3.